The van der Waals surface area contributed by atoms with Gasteiger partial charge in [-0.05, 0) is 50.8 Å². The number of nitrogens with zero attached hydrogens (tertiary/aromatic N) is 2. The summed E-state index contributed by atoms with van der Waals surface area (Å²) in [6, 6.07) is 25.4. The molecule has 0 atom stereocenters. The molecule has 4 aromatic rings. The summed E-state index contributed by atoms with van der Waals surface area (Å²) in [5, 5.41) is 7.37. The first-order chi connectivity index (χ1) is 15.1. The zero-order valence-electron chi connectivity index (χ0n) is 16.5. The third-order valence-electron chi connectivity index (χ3n) is 4.65. The minimum absolute atomic E-state index is 0.261. The van der Waals surface area contributed by atoms with Crippen LogP contribution < -0.4 is 5.32 Å². The lowest BCUT2D eigenvalue weighted by Gasteiger charge is -2.09. The number of rotatable bonds is 6. The highest BCUT2D eigenvalue weighted by atomic mass is 79.9. The van der Waals surface area contributed by atoms with Crippen molar-refractivity contribution in [1.82, 2.24) is 9.78 Å². The molecule has 0 radical (unpaired) electrons. The number of hydrogen-bond donors (Lipinski definition) is 1. The number of halogens is 2. The molecule has 0 unspecified atom stereocenters. The van der Waals surface area contributed by atoms with Gasteiger partial charge >= 0.3 is 0 Å². The van der Waals surface area contributed by atoms with Gasteiger partial charge in [0.2, 0.25) is 0 Å². The first-order valence-corrected chi connectivity index (χ1v) is 10.5. The maximum Gasteiger partial charge on any atom is 0.257 e. The fourth-order valence-electron chi connectivity index (χ4n) is 3.13. The highest BCUT2D eigenvalue weighted by molar-refractivity contribution is 9.10. The Balaban J connectivity index is 1.58. The van der Waals surface area contributed by atoms with E-state index in [-0.39, 0.29) is 11.7 Å². The van der Waals surface area contributed by atoms with E-state index in [1.54, 1.807) is 23.0 Å². The van der Waals surface area contributed by atoms with Crippen molar-refractivity contribution in [2.24, 2.45) is 0 Å². The molecule has 1 N–H and O–H groups in total. The molecular formula is C25H19BrFN3O. The third-order valence-corrected chi connectivity index (χ3v) is 5.23. The molecule has 31 heavy (non-hydrogen) atoms. The smallest absolute Gasteiger partial charge is 0.257 e. The molecule has 0 aliphatic heterocycles. The predicted octanol–water partition coefficient (Wildman–Crippen LogP) is 6.01. The van der Waals surface area contributed by atoms with Gasteiger partial charge in [-0.1, -0.05) is 72.8 Å². The lowest BCUT2D eigenvalue weighted by atomic mass is 10.0. The molecule has 0 spiro atoms. The van der Waals surface area contributed by atoms with Gasteiger partial charge in [0.05, 0.1) is 11.0 Å². The zero-order chi connectivity index (χ0) is 21.6. The largest absolute Gasteiger partial charge is 0.304 e. The van der Waals surface area contributed by atoms with Crippen molar-refractivity contribution in [1.29, 1.82) is 0 Å². The van der Waals surface area contributed by atoms with Crippen LogP contribution >= 0.6 is 15.9 Å². The fraction of sp³-hybridized carbons (Fsp3) is 0.0400. The quantitative estimate of drug-likeness (QED) is 0.274. The van der Waals surface area contributed by atoms with Crippen LogP contribution in [0.3, 0.4) is 0 Å². The summed E-state index contributed by atoms with van der Waals surface area (Å²) in [6.07, 6.45) is 3.64. The standard InChI is InChI=1S/C25H19BrFN3O/c26-23-17-30(16-19-11-13-21(27)14-12-19)29-24(23)28-25(31)22(20-9-5-2-6-10-20)15-18-7-3-1-4-8-18/h1-15,17H,16H2,(H,28,29,31)/b22-15-. The molecule has 4 nitrogen and oxygen atoms in total. The van der Waals surface area contributed by atoms with Gasteiger partial charge in [0.15, 0.2) is 5.82 Å². The SMILES string of the molecule is O=C(Nc1nn(Cc2ccc(F)cc2)cc1Br)/C(=C\c1ccccc1)c1ccccc1. The maximum absolute atomic E-state index is 13.2. The molecule has 0 aliphatic carbocycles. The minimum atomic E-state index is -0.281. The molecular weight excluding hydrogens is 457 g/mol. The molecule has 3 aromatic carbocycles. The zero-order valence-corrected chi connectivity index (χ0v) is 18.1. The van der Waals surface area contributed by atoms with Crippen LogP contribution in [0.15, 0.2) is 95.6 Å². The number of aromatic nitrogens is 2. The van der Waals surface area contributed by atoms with Gasteiger partial charge in [-0.2, -0.15) is 5.10 Å². The molecule has 0 aliphatic rings. The van der Waals surface area contributed by atoms with Crippen LogP contribution in [0.5, 0.6) is 0 Å². The van der Waals surface area contributed by atoms with Gasteiger partial charge in [-0.3, -0.25) is 9.48 Å². The second-order valence-corrected chi connectivity index (χ2v) is 7.79. The van der Waals surface area contributed by atoms with Gasteiger partial charge in [-0.25, -0.2) is 4.39 Å². The van der Waals surface area contributed by atoms with E-state index >= 15 is 0 Å². The number of benzene rings is 3. The Morgan fingerprint density at radius 1 is 0.968 bits per heavy atom. The van der Waals surface area contributed by atoms with E-state index in [0.29, 0.717) is 22.4 Å². The lowest BCUT2D eigenvalue weighted by molar-refractivity contribution is -0.111. The van der Waals surface area contributed by atoms with Crippen molar-refractivity contribution in [2.75, 3.05) is 5.32 Å². The molecule has 0 bridgehead atoms. The van der Waals surface area contributed by atoms with Crippen molar-refractivity contribution < 1.29 is 9.18 Å². The summed E-state index contributed by atoms with van der Waals surface area (Å²) >= 11 is 3.47. The van der Waals surface area contributed by atoms with Crippen LogP contribution in [0.1, 0.15) is 16.7 Å². The summed E-state index contributed by atoms with van der Waals surface area (Å²) in [4.78, 5) is 13.2. The maximum atomic E-state index is 13.2. The van der Waals surface area contributed by atoms with Crippen molar-refractivity contribution >= 4 is 39.3 Å². The van der Waals surface area contributed by atoms with E-state index in [2.05, 4.69) is 26.3 Å². The predicted molar refractivity (Wildman–Crippen MR) is 125 cm³/mol. The number of carbonyl (C=O) groups is 1. The highest BCUT2D eigenvalue weighted by Crippen LogP contribution is 2.24. The minimum Gasteiger partial charge on any atom is -0.304 e. The van der Waals surface area contributed by atoms with E-state index in [0.717, 1.165) is 16.7 Å². The Hall–Kier alpha value is -3.51. The summed E-state index contributed by atoms with van der Waals surface area (Å²) in [6.45, 7) is 0.458. The van der Waals surface area contributed by atoms with Gasteiger partial charge < -0.3 is 5.32 Å². The van der Waals surface area contributed by atoms with Gasteiger partial charge in [0.25, 0.3) is 5.91 Å². The summed E-state index contributed by atoms with van der Waals surface area (Å²) in [7, 11) is 0. The second kappa shape index (κ2) is 9.53. The lowest BCUT2D eigenvalue weighted by Crippen LogP contribution is -2.15. The Kier molecular flexibility index (Phi) is 6.38. The molecule has 0 saturated heterocycles. The van der Waals surface area contributed by atoms with E-state index in [4.69, 9.17) is 0 Å². The van der Waals surface area contributed by atoms with Crippen LogP contribution in [-0.2, 0) is 11.3 Å². The first kappa shape index (κ1) is 20.8. The van der Waals surface area contributed by atoms with Crippen LogP contribution in [0.25, 0.3) is 11.6 Å². The second-order valence-electron chi connectivity index (χ2n) is 6.94. The van der Waals surface area contributed by atoms with Gasteiger partial charge in [-0.15, -0.1) is 0 Å². The number of nitrogens with one attached hydrogen (secondary N) is 1. The van der Waals surface area contributed by atoms with Crippen LogP contribution in [0, 0.1) is 5.82 Å². The first-order valence-electron chi connectivity index (χ1n) is 9.69. The Labute approximate surface area is 188 Å². The van der Waals surface area contributed by atoms with E-state index in [1.165, 1.54) is 12.1 Å². The van der Waals surface area contributed by atoms with Gasteiger partial charge in [0, 0.05) is 11.8 Å². The average molecular weight is 476 g/mol. The molecule has 0 fully saturated rings. The summed E-state index contributed by atoms with van der Waals surface area (Å²) < 4.78 is 15.5. The van der Waals surface area contributed by atoms with Crippen molar-refractivity contribution in [3.8, 4) is 0 Å². The molecule has 4 rings (SSSR count). The Morgan fingerprint density at radius 2 is 1.61 bits per heavy atom. The normalized spacial score (nSPS) is 11.4. The average Bonchev–Trinajstić information content (AvgIpc) is 3.13. The number of amides is 1. The number of anilines is 1. The van der Waals surface area contributed by atoms with E-state index in [1.807, 2.05) is 66.7 Å². The topological polar surface area (TPSA) is 46.9 Å². The fourth-order valence-corrected chi connectivity index (χ4v) is 3.54. The molecule has 1 heterocycles. The molecule has 1 amide bonds. The Morgan fingerprint density at radius 3 is 2.29 bits per heavy atom. The van der Waals surface area contributed by atoms with Crippen LogP contribution in [0.4, 0.5) is 10.2 Å². The van der Waals surface area contributed by atoms with Crippen LogP contribution in [-0.4, -0.2) is 15.7 Å². The van der Waals surface area contributed by atoms with Crippen LogP contribution in [0.2, 0.25) is 0 Å². The van der Waals surface area contributed by atoms with E-state index in [9.17, 15) is 9.18 Å². The van der Waals surface area contributed by atoms with Crippen molar-refractivity contribution in [2.45, 2.75) is 6.54 Å². The van der Waals surface area contributed by atoms with Crippen molar-refractivity contribution in [3.63, 3.8) is 0 Å². The molecule has 0 saturated carbocycles. The van der Waals surface area contributed by atoms with Gasteiger partial charge in [0.1, 0.15) is 5.82 Å². The molecule has 1 aromatic heterocycles. The highest BCUT2D eigenvalue weighted by Gasteiger charge is 2.16. The van der Waals surface area contributed by atoms with E-state index < -0.39 is 0 Å². The molecule has 154 valence electrons. The summed E-state index contributed by atoms with van der Waals surface area (Å²) in [5.74, 6) is -0.123. The number of hydrogen-bond acceptors (Lipinski definition) is 2. The summed E-state index contributed by atoms with van der Waals surface area (Å²) in [5.41, 5.74) is 3.18. The Bertz CT molecular complexity index is 1200. The number of carbonyl (C=O) groups excluding carboxylic acids is 1. The monoisotopic (exact) mass is 475 g/mol. The third kappa shape index (κ3) is 5.35. The molecule has 6 heteroatoms. The van der Waals surface area contributed by atoms with Crippen molar-refractivity contribution in [3.05, 3.63) is 118 Å².